The van der Waals surface area contributed by atoms with Crippen molar-refractivity contribution in [2.24, 2.45) is 4.99 Å². The van der Waals surface area contributed by atoms with E-state index in [-0.39, 0.29) is 18.4 Å². The number of nitrogens with one attached hydrogen (secondary N) is 2. The van der Waals surface area contributed by atoms with Gasteiger partial charge in [0.2, 0.25) is 5.91 Å². The molecule has 2 N–H and O–H groups in total. The van der Waals surface area contributed by atoms with E-state index in [2.05, 4.69) is 20.8 Å². The number of carbonyl (C=O) groups excluding carboxylic acids is 2. The van der Waals surface area contributed by atoms with Crippen LogP contribution in [0.3, 0.4) is 0 Å². The number of hydrogen-bond donors (Lipinski definition) is 2. The number of benzene rings is 2. The van der Waals surface area contributed by atoms with Crippen molar-refractivity contribution in [3.63, 3.8) is 0 Å². The Balaban J connectivity index is 1.48. The van der Waals surface area contributed by atoms with Gasteiger partial charge in [-0.25, -0.2) is 4.79 Å². The van der Waals surface area contributed by atoms with Gasteiger partial charge in [0.25, 0.3) is 0 Å². The summed E-state index contributed by atoms with van der Waals surface area (Å²) in [5, 5.41) is 15.1. The van der Waals surface area contributed by atoms with Crippen molar-refractivity contribution >= 4 is 29.3 Å². The molecular formula is C32H41ClN6O4. The molecule has 1 aliphatic heterocycles. The molecule has 0 fully saturated rings. The fraction of sp³-hybridized carbons (Fsp3) is 0.469. The number of alkyl carbamates (subject to hydrolysis) is 1. The normalized spacial score (nSPS) is 14.2. The molecule has 0 bridgehead atoms. The molecule has 43 heavy (non-hydrogen) atoms. The quantitative estimate of drug-likeness (QED) is 0.239. The molecule has 0 unspecified atom stereocenters. The highest BCUT2D eigenvalue weighted by atomic mass is 35.5. The standard InChI is InChI=1S/C32H41ClN6O4/c1-6-34-28(40)20-26-30-38-37-21(2)39(30)27-16-15-24(19-25(27)29(36-26)22-11-13-23(33)14-12-22)42-18-10-8-7-9-17-35-31(41)43-32(3,4)5/h11-16,19,26H,6-10,17-18,20H2,1-5H3,(H,34,40)(H,35,41)/t26-/m0/s1. The van der Waals surface area contributed by atoms with Crippen LogP contribution in [0.25, 0.3) is 5.69 Å². The maximum Gasteiger partial charge on any atom is 0.407 e. The van der Waals surface area contributed by atoms with Crippen LogP contribution in [0.15, 0.2) is 47.5 Å². The van der Waals surface area contributed by atoms with Gasteiger partial charge in [0.15, 0.2) is 5.82 Å². The first kappa shape index (κ1) is 32.0. The van der Waals surface area contributed by atoms with Crippen LogP contribution < -0.4 is 15.4 Å². The van der Waals surface area contributed by atoms with Crippen LogP contribution in [-0.2, 0) is 9.53 Å². The molecule has 1 atom stereocenters. The van der Waals surface area contributed by atoms with E-state index >= 15 is 0 Å². The maximum absolute atomic E-state index is 12.7. The van der Waals surface area contributed by atoms with Gasteiger partial charge < -0.3 is 20.1 Å². The summed E-state index contributed by atoms with van der Waals surface area (Å²) in [5.41, 5.74) is 2.83. The summed E-state index contributed by atoms with van der Waals surface area (Å²) in [6.07, 6.45) is 3.46. The van der Waals surface area contributed by atoms with Gasteiger partial charge in [-0.2, -0.15) is 0 Å². The van der Waals surface area contributed by atoms with Gasteiger partial charge in [0.05, 0.1) is 24.4 Å². The highest BCUT2D eigenvalue weighted by Gasteiger charge is 2.30. The minimum Gasteiger partial charge on any atom is -0.494 e. The van der Waals surface area contributed by atoms with Crippen molar-refractivity contribution in [1.29, 1.82) is 0 Å². The van der Waals surface area contributed by atoms with E-state index in [0.717, 1.165) is 54.0 Å². The fourth-order valence-corrected chi connectivity index (χ4v) is 4.99. The van der Waals surface area contributed by atoms with E-state index in [0.29, 0.717) is 36.4 Å². The average Bonchev–Trinajstić information content (AvgIpc) is 3.27. The van der Waals surface area contributed by atoms with Crippen molar-refractivity contribution in [2.45, 2.75) is 78.4 Å². The van der Waals surface area contributed by atoms with E-state index in [9.17, 15) is 9.59 Å². The van der Waals surface area contributed by atoms with Gasteiger partial charge in [-0.15, -0.1) is 10.2 Å². The largest absolute Gasteiger partial charge is 0.494 e. The van der Waals surface area contributed by atoms with Gasteiger partial charge in [0.1, 0.15) is 23.2 Å². The Morgan fingerprint density at radius 2 is 1.74 bits per heavy atom. The molecule has 3 aromatic rings. The first-order chi connectivity index (χ1) is 20.6. The molecule has 2 amide bonds. The number of aryl methyl sites for hydroxylation is 1. The van der Waals surface area contributed by atoms with E-state index in [1.807, 2.05) is 81.7 Å². The molecule has 4 rings (SSSR count). The lowest BCUT2D eigenvalue weighted by Crippen LogP contribution is -2.32. The average molecular weight is 609 g/mol. The zero-order chi connectivity index (χ0) is 31.0. The lowest BCUT2D eigenvalue weighted by molar-refractivity contribution is -0.121. The van der Waals surface area contributed by atoms with Crippen LogP contribution in [0.2, 0.25) is 5.02 Å². The number of unbranched alkanes of at least 4 members (excludes halogenated alkanes) is 3. The summed E-state index contributed by atoms with van der Waals surface area (Å²) in [5.74, 6) is 1.94. The zero-order valence-electron chi connectivity index (χ0n) is 25.6. The highest BCUT2D eigenvalue weighted by Crippen LogP contribution is 2.34. The fourth-order valence-electron chi connectivity index (χ4n) is 4.86. The van der Waals surface area contributed by atoms with Crippen molar-refractivity contribution < 1.29 is 19.1 Å². The number of halogens is 1. The van der Waals surface area contributed by atoms with Crippen LogP contribution in [0, 0.1) is 6.92 Å². The lowest BCUT2D eigenvalue weighted by Gasteiger charge is -2.19. The number of amides is 2. The monoisotopic (exact) mass is 608 g/mol. The summed E-state index contributed by atoms with van der Waals surface area (Å²) >= 11 is 6.21. The predicted octanol–water partition coefficient (Wildman–Crippen LogP) is 6.11. The highest BCUT2D eigenvalue weighted by molar-refractivity contribution is 6.30. The topological polar surface area (TPSA) is 120 Å². The summed E-state index contributed by atoms with van der Waals surface area (Å²) in [6.45, 7) is 11.0. The van der Waals surface area contributed by atoms with Crippen molar-refractivity contribution in [1.82, 2.24) is 25.4 Å². The number of nitrogens with zero attached hydrogens (tertiary/aromatic N) is 4. The van der Waals surface area contributed by atoms with Crippen LogP contribution in [-0.4, -0.2) is 57.8 Å². The van der Waals surface area contributed by atoms with Crippen LogP contribution in [0.5, 0.6) is 5.75 Å². The molecule has 10 nitrogen and oxygen atoms in total. The number of carbonyl (C=O) groups is 2. The third-order valence-electron chi connectivity index (χ3n) is 6.78. The maximum atomic E-state index is 12.7. The summed E-state index contributed by atoms with van der Waals surface area (Å²) in [4.78, 5) is 29.5. The Morgan fingerprint density at radius 3 is 2.47 bits per heavy atom. The molecule has 1 aliphatic rings. The predicted molar refractivity (Wildman–Crippen MR) is 167 cm³/mol. The van der Waals surface area contributed by atoms with Gasteiger partial charge in [-0.3, -0.25) is 14.4 Å². The van der Waals surface area contributed by atoms with E-state index < -0.39 is 11.6 Å². The van der Waals surface area contributed by atoms with E-state index in [1.54, 1.807) is 0 Å². The molecule has 11 heteroatoms. The molecule has 0 spiro atoms. The van der Waals surface area contributed by atoms with E-state index in [1.165, 1.54) is 0 Å². The van der Waals surface area contributed by atoms with Crippen LogP contribution >= 0.6 is 11.6 Å². The molecule has 2 aromatic carbocycles. The Kier molecular flexibility index (Phi) is 10.8. The van der Waals surface area contributed by atoms with Crippen molar-refractivity contribution in [3.05, 3.63) is 70.3 Å². The smallest absolute Gasteiger partial charge is 0.407 e. The minimum absolute atomic E-state index is 0.102. The van der Waals surface area contributed by atoms with Crippen LogP contribution in [0.4, 0.5) is 4.79 Å². The lowest BCUT2D eigenvalue weighted by atomic mass is 10.00. The number of aromatic nitrogens is 3. The Morgan fingerprint density at radius 1 is 1.00 bits per heavy atom. The number of rotatable bonds is 12. The molecule has 1 aromatic heterocycles. The second kappa shape index (κ2) is 14.5. The Labute approximate surface area is 258 Å². The Hall–Kier alpha value is -3.92. The van der Waals surface area contributed by atoms with Crippen LogP contribution in [0.1, 0.15) is 88.6 Å². The van der Waals surface area contributed by atoms with Gasteiger partial charge >= 0.3 is 6.09 Å². The first-order valence-corrected chi connectivity index (χ1v) is 15.2. The number of hydrogen-bond acceptors (Lipinski definition) is 7. The third-order valence-corrected chi connectivity index (χ3v) is 7.03. The minimum atomic E-state index is -0.528. The van der Waals surface area contributed by atoms with Crippen molar-refractivity contribution in [3.8, 4) is 11.4 Å². The zero-order valence-corrected chi connectivity index (χ0v) is 26.3. The molecule has 230 valence electrons. The Bertz CT molecular complexity index is 1450. The van der Waals surface area contributed by atoms with E-state index in [4.69, 9.17) is 26.1 Å². The number of ether oxygens (including phenoxy) is 2. The molecule has 0 radical (unpaired) electrons. The molecular weight excluding hydrogens is 568 g/mol. The second-order valence-electron chi connectivity index (χ2n) is 11.5. The molecule has 0 saturated carbocycles. The van der Waals surface area contributed by atoms with Crippen molar-refractivity contribution in [2.75, 3.05) is 19.7 Å². The van der Waals surface area contributed by atoms with Gasteiger partial charge in [-0.1, -0.05) is 36.6 Å². The first-order valence-electron chi connectivity index (χ1n) is 14.8. The van der Waals surface area contributed by atoms with Gasteiger partial charge in [-0.05, 0) is 77.8 Å². The molecule has 0 saturated heterocycles. The summed E-state index contributed by atoms with van der Waals surface area (Å²) in [7, 11) is 0. The summed E-state index contributed by atoms with van der Waals surface area (Å²) < 4.78 is 13.4. The summed E-state index contributed by atoms with van der Waals surface area (Å²) in [6, 6.07) is 12.9. The molecule has 0 aliphatic carbocycles. The SMILES string of the molecule is CCNC(=O)C[C@@H]1N=C(c2ccc(Cl)cc2)c2cc(OCCCCCCNC(=O)OC(C)(C)C)ccc2-n2c(C)nnc21. The number of fused-ring (bicyclic) bond motifs is 3. The number of aliphatic imine (C=N–C) groups is 1. The molecule has 2 heterocycles. The van der Waals surface area contributed by atoms with Gasteiger partial charge in [0, 0.05) is 29.2 Å². The second-order valence-corrected chi connectivity index (χ2v) is 11.9. The third kappa shape index (κ3) is 8.79.